The zero-order valence-electron chi connectivity index (χ0n) is 21.5. The van der Waals surface area contributed by atoms with Gasteiger partial charge >= 0.3 is 5.97 Å². The Morgan fingerprint density at radius 3 is 2.03 bits per heavy atom. The van der Waals surface area contributed by atoms with Crippen molar-refractivity contribution in [3.63, 3.8) is 0 Å². The molecule has 8 heteroatoms. The van der Waals surface area contributed by atoms with Crippen LogP contribution in [0.5, 0.6) is 23.0 Å². The first kappa shape index (κ1) is 24.4. The first-order valence-electron chi connectivity index (χ1n) is 11.7. The van der Waals surface area contributed by atoms with Gasteiger partial charge in [-0.25, -0.2) is 4.79 Å². The van der Waals surface area contributed by atoms with E-state index in [-0.39, 0.29) is 39.6 Å². The van der Waals surface area contributed by atoms with Crippen LogP contribution in [0, 0.1) is 6.92 Å². The fourth-order valence-corrected chi connectivity index (χ4v) is 5.52. The van der Waals surface area contributed by atoms with Crippen LogP contribution >= 0.6 is 0 Å². The average molecular weight is 503 g/mol. The summed E-state index contributed by atoms with van der Waals surface area (Å²) in [5, 5.41) is 0. The maximum Gasteiger partial charge on any atom is 0.341 e. The van der Waals surface area contributed by atoms with Crippen LogP contribution in [0.3, 0.4) is 0 Å². The molecule has 0 fully saturated rings. The predicted molar refractivity (Wildman–Crippen MR) is 135 cm³/mol. The monoisotopic (exact) mass is 502 g/mol. The molecule has 3 aromatic rings. The van der Waals surface area contributed by atoms with Crippen LogP contribution in [0.1, 0.15) is 58.9 Å². The molecule has 190 valence electrons. The first-order chi connectivity index (χ1) is 17.8. The Bertz CT molecular complexity index is 1520. The fraction of sp³-hybridized carbons (Fsp3) is 0.276. The van der Waals surface area contributed by atoms with Gasteiger partial charge in [-0.1, -0.05) is 6.07 Å². The zero-order valence-corrected chi connectivity index (χ0v) is 21.5. The molecule has 2 aliphatic carbocycles. The van der Waals surface area contributed by atoms with Crippen molar-refractivity contribution in [2.75, 3.05) is 35.5 Å². The number of fused-ring (bicyclic) bond motifs is 5. The number of carbonyl (C=O) groups is 3. The summed E-state index contributed by atoms with van der Waals surface area (Å²) in [5.41, 5.74) is 4.92. The third kappa shape index (κ3) is 3.39. The van der Waals surface area contributed by atoms with Gasteiger partial charge in [0, 0.05) is 28.3 Å². The van der Waals surface area contributed by atoms with Crippen LogP contribution in [0.15, 0.2) is 24.3 Å². The molecular weight excluding hydrogens is 476 g/mol. The van der Waals surface area contributed by atoms with Gasteiger partial charge in [-0.15, -0.1) is 0 Å². The predicted octanol–water partition coefficient (Wildman–Crippen LogP) is 4.36. The number of rotatable bonds is 5. The summed E-state index contributed by atoms with van der Waals surface area (Å²) in [7, 11) is 7.22. The minimum absolute atomic E-state index is 0.177. The van der Waals surface area contributed by atoms with E-state index in [1.165, 1.54) is 35.5 Å². The third-order valence-corrected chi connectivity index (χ3v) is 7.13. The van der Waals surface area contributed by atoms with Gasteiger partial charge in [0.15, 0.2) is 5.78 Å². The molecule has 0 aliphatic heterocycles. The van der Waals surface area contributed by atoms with E-state index >= 15 is 0 Å². The number of hydrogen-bond donors (Lipinski definition) is 0. The number of carbonyl (C=O) groups excluding carboxylic acids is 3. The standard InChI is InChI=1S/C29H26O8/c1-13-9-14-7-8-16-17(22(14)28(36-5)21(13)29(32)37-6)12-19-24(27(16)35-4)26(31)23-18(25(19)30)10-15(33-2)11-20(23)34-3/h9-12H,7-8H2,1-6H3. The summed E-state index contributed by atoms with van der Waals surface area (Å²) in [6.07, 6.45) is 1.21. The Kier molecular flexibility index (Phi) is 5.90. The van der Waals surface area contributed by atoms with Gasteiger partial charge < -0.3 is 23.7 Å². The number of aryl methyl sites for hydroxylation is 2. The molecule has 0 spiro atoms. The van der Waals surface area contributed by atoms with Gasteiger partial charge in [-0.3, -0.25) is 9.59 Å². The second kappa shape index (κ2) is 8.96. The summed E-state index contributed by atoms with van der Waals surface area (Å²) in [4.78, 5) is 40.4. The number of ether oxygens (including phenoxy) is 5. The van der Waals surface area contributed by atoms with E-state index in [2.05, 4.69) is 0 Å². The molecular formula is C29H26O8. The number of methoxy groups -OCH3 is 5. The topological polar surface area (TPSA) is 97.4 Å². The van der Waals surface area contributed by atoms with Crippen LogP contribution in [0.4, 0.5) is 0 Å². The quantitative estimate of drug-likeness (QED) is 0.372. The van der Waals surface area contributed by atoms with Crippen LogP contribution < -0.4 is 18.9 Å². The Balaban J connectivity index is 1.85. The van der Waals surface area contributed by atoms with Crippen molar-refractivity contribution >= 4 is 17.5 Å². The van der Waals surface area contributed by atoms with Gasteiger partial charge in [0.05, 0.1) is 46.7 Å². The lowest BCUT2D eigenvalue weighted by Gasteiger charge is -2.29. The van der Waals surface area contributed by atoms with E-state index in [0.717, 1.165) is 16.7 Å². The average Bonchev–Trinajstić information content (AvgIpc) is 2.92. The number of ketones is 2. The Labute approximate surface area is 214 Å². The lowest BCUT2D eigenvalue weighted by Crippen LogP contribution is -2.24. The van der Waals surface area contributed by atoms with E-state index in [9.17, 15) is 14.4 Å². The molecule has 8 nitrogen and oxygen atoms in total. The molecule has 3 aromatic carbocycles. The van der Waals surface area contributed by atoms with Gasteiger partial charge in [-0.2, -0.15) is 0 Å². The number of benzene rings is 3. The lowest BCUT2D eigenvalue weighted by molar-refractivity contribution is 0.0596. The molecule has 0 saturated heterocycles. The maximum absolute atomic E-state index is 13.9. The zero-order chi connectivity index (χ0) is 26.6. The molecule has 0 bridgehead atoms. The third-order valence-electron chi connectivity index (χ3n) is 7.13. The van der Waals surface area contributed by atoms with Gasteiger partial charge in [-0.05, 0) is 48.6 Å². The molecule has 37 heavy (non-hydrogen) atoms. The molecule has 0 N–H and O–H groups in total. The molecule has 0 radical (unpaired) electrons. The van der Waals surface area contributed by atoms with E-state index in [1.54, 1.807) is 18.2 Å². The molecule has 2 aliphatic rings. The molecule has 5 rings (SSSR count). The summed E-state index contributed by atoms with van der Waals surface area (Å²) in [6.45, 7) is 1.83. The lowest BCUT2D eigenvalue weighted by atomic mass is 9.76. The van der Waals surface area contributed by atoms with E-state index in [4.69, 9.17) is 23.7 Å². The summed E-state index contributed by atoms with van der Waals surface area (Å²) in [5.74, 6) is 0.118. The highest BCUT2D eigenvalue weighted by molar-refractivity contribution is 6.31. The fourth-order valence-electron chi connectivity index (χ4n) is 5.52. The Hall–Kier alpha value is -4.33. The van der Waals surface area contributed by atoms with E-state index in [0.29, 0.717) is 46.8 Å². The van der Waals surface area contributed by atoms with E-state index in [1.807, 2.05) is 13.0 Å². The minimum Gasteiger partial charge on any atom is -0.497 e. The maximum atomic E-state index is 13.9. The SMILES string of the molecule is COC(=O)c1c(C)cc2c(c1OC)-c1cc3c(c(OC)c1CC2)C(=O)c1c(OC)cc(OC)cc1C3=O. The number of hydrogen-bond acceptors (Lipinski definition) is 8. The molecule has 0 saturated carbocycles. The summed E-state index contributed by atoms with van der Waals surface area (Å²) < 4.78 is 27.4. The second-order valence-electron chi connectivity index (χ2n) is 8.90. The second-order valence-corrected chi connectivity index (χ2v) is 8.90. The van der Waals surface area contributed by atoms with Gasteiger partial charge in [0.1, 0.15) is 28.6 Å². The van der Waals surface area contributed by atoms with Crippen molar-refractivity contribution < 1.29 is 38.1 Å². The highest BCUT2D eigenvalue weighted by Gasteiger charge is 2.39. The largest absolute Gasteiger partial charge is 0.497 e. The van der Waals surface area contributed by atoms with Crippen molar-refractivity contribution in [1.82, 2.24) is 0 Å². The van der Waals surface area contributed by atoms with Crippen molar-refractivity contribution in [3.05, 3.63) is 68.8 Å². The highest BCUT2D eigenvalue weighted by atomic mass is 16.5. The van der Waals surface area contributed by atoms with Crippen LogP contribution in [-0.2, 0) is 17.6 Å². The van der Waals surface area contributed by atoms with Crippen molar-refractivity contribution in [3.8, 4) is 34.1 Å². The smallest absolute Gasteiger partial charge is 0.341 e. The normalized spacial score (nSPS) is 13.1. The summed E-state index contributed by atoms with van der Waals surface area (Å²) >= 11 is 0. The molecule has 0 amide bonds. The minimum atomic E-state index is -0.520. The summed E-state index contributed by atoms with van der Waals surface area (Å²) in [6, 6.07) is 6.77. The van der Waals surface area contributed by atoms with Crippen LogP contribution in [-0.4, -0.2) is 53.1 Å². The molecule has 0 unspecified atom stereocenters. The van der Waals surface area contributed by atoms with Gasteiger partial charge in [0.2, 0.25) is 5.78 Å². The Morgan fingerprint density at radius 2 is 1.41 bits per heavy atom. The Morgan fingerprint density at radius 1 is 0.703 bits per heavy atom. The van der Waals surface area contributed by atoms with Crippen molar-refractivity contribution in [2.24, 2.45) is 0 Å². The van der Waals surface area contributed by atoms with E-state index < -0.39 is 5.97 Å². The van der Waals surface area contributed by atoms with Crippen LogP contribution in [0.2, 0.25) is 0 Å². The number of esters is 1. The molecule has 0 heterocycles. The van der Waals surface area contributed by atoms with Crippen molar-refractivity contribution in [2.45, 2.75) is 19.8 Å². The highest BCUT2D eigenvalue weighted by Crippen LogP contribution is 2.50. The van der Waals surface area contributed by atoms with Crippen LogP contribution in [0.25, 0.3) is 11.1 Å². The molecule has 0 aromatic heterocycles. The molecule has 0 atom stereocenters. The van der Waals surface area contributed by atoms with Gasteiger partial charge in [0.25, 0.3) is 0 Å². The van der Waals surface area contributed by atoms with Crippen molar-refractivity contribution in [1.29, 1.82) is 0 Å². The first-order valence-corrected chi connectivity index (χ1v) is 11.7.